The van der Waals surface area contributed by atoms with Gasteiger partial charge in [-0.3, -0.25) is 24.3 Å². The van der Waals surface area contributed by atoms with Gasteiger partial charge in [0.25, 0.3) is 5.91 Å². The molecule has 1 aliphatic heterocycles. The third-order valence-electron chi connectivity index (χ3n) is 5.47. The summed E-state index contributed by atoms with van der Waals surface area (Å²) in [5, 5.41) is 12.9. The summed E-state index contributed by atoms with van der Waals surface area (Å²) in [6, 6.07) is -0.997. The van der Waals surface area contributed by atoms with Gasteiger partial charge in [0, 0.05) is 25.0 Å². The number of carbonyl (C=O) groups excluding carboxylic acids is 3. The van der Waals surface area contributed by atoms with E-state index < -0.39 is 36.2 Å². The zero-order valence-corrected chi connectivity index (χ0v) is 19.6. The summed E-state index contributed by atoms with van der Waals surface area (Å²) in [6.07, 6.45) is -0.476. The Morgan fingerprint density at radius 1 is 1.16 bits per heavy atom. The minimum absolute atomic E-state index is 0.00145. The number of anilines is 2. The molecule has 13 nitrogen and oxygen atoms in total. The Morgan fingerprint density at radius 3 is 2.46 bits per heavy atom. The van der Waals surface area contributed by atoms with Crippen molar-refractivity contribution in [3.8, 4) is 11.3 Å². The number of fused-ring (bicyclic) bond motifs is 1. The third kappa shape index (κ3) is 4.95. The molecule has 0 saturated heterocycles. The third-order valence-corrected chi connectivity index (χ3v) is 5.47. The lowest BCUT2D eigenvalue weighted by molar-refractivity contribution is -0.145. The van der Waals surface area contributed by atoms with E-state index in [-0.39, 0.29) is 40.9 Å². The number of aromatic nitrogens is 6. The van der Waals surface area contributed by atoms with E-state index >= 15 is 0 Å². The Hall–Kier alpha value is -4.47. The first-order valence-electron chi connectivity index (χ1n) is 10.7. The number of nitrogens with one attached hydrogen (secondary N) is 1. The van der Waals surface area contributed by atoms with Crippen LogP contribution in [0, 0.1) is 0 Å². The second kappa shape index (κ2) is 9.53. The highest BCUT2D eigenvalue weighted by molar-refractivity contribution is 6.02. The number of ketones is 1. The molecule has 2 amide bonds. The molecule has 0 bridgehead atoms. The molecule has 0 saturated carbocycles. The number of rotatable bonds is 6. The van der Waals surface area contributed by atoms with Crippen LogP contribution >= 0.6 is 0 Å². The Morgan fingerprint density at radius 2 is 1.84 bits per heavy atom. The zero-order chi connectivity index (χ0) is 27.1. The quantitative estimate of drug-likeness (QED) is 0.483. The van der Waals surface area contributed by atoms with Gasteiger partial charge in [0.05, 0.1) is 31.0 Å². The number of aliphatic hydroxyl groups is 1. The average Bonchev–Trinajstić information content (AvgIpc) is 3.30. The lowest BCUT2D eigenvalue weighted by atomic mass is 10.2. The van der Waals surface area contributed by atoms with Crippen molar-refractivity contribution in [1.29, 1.82) is 0 Å². The molecule has 4 rings (SSSR count). The monoisotopic (exact) mass is 519 g/mol. The van der Waals surface area contributed by atoms with Gasteiger partial charge < -0.3 is 19.9 Å². The lowest BCUT2D eigenvalue weighted by Crippen LogP contribution is -2.55. The number of carbonyl (C=O) groups is 3. The average molecular weight is 519 g/mol. The second-order valence-corrected chi connectivity index (χ2v) is 8.16. The van der Waals surface area contributed by atoms with Crippen molar-refractivity contribution < 1.29 is 32.7 Å². The molecular formula is C21H20F3N9O4. The van der Waals surface area contributed by atoms with Crippen LogP contribution in [-0.2, 0) is 15.8 Å². The largest absolute Gasteiger partial charge is 0.451 e. The summed E-state index contributed by atoms with van der Waals surface area (Å²) < 4.78 is 39.4. The fraction of sp³-hybridized carbons (Fsp3) is 0.333. The van der Waals surface area contributed by atoms with Gasteiger partial charge in [0.2, 0.25) is 18.1 Å². The Bertz CT molecular complexity index is 1360. The minimum Gasteiger partial charge on any atom is -0.356 e. The maximum atomic E-state index is 13.1. The van der Waals surface area contributed by atoms with Gasteiger partial charge in [-0.15, -0.1) is 0 Å². The van der Waals surface area contributed by atoms with E-state index in [0.29, 0.717) is 0 Å². The maximum Gasteiger partial charge on any atom is 0.451 e. The van der Waals surface area contributed by atoms with Gasteiger partial charge in [-0.05, 0) is 13.8 Å². The SMILES string of the molecule is CC(=O)CN1C(=O)c2c(ncn2[C@@H](C)C(=O)Nc2cncc(-c3cnc(C(F)(F)F)nc3)n2)N(C)C1O. The number of aliphatic hydroxyl groups excluding tert-OH is 1. The molecule has 0 aromatic carbocycles. The van der Waals surface area contributed by atoms with Crippen LogP contribution in [0.3, 0.4) is 0 Å². The highest BCUT2D eigenvalue weighted by atomic mass is 19.4. The predicted octanol–water partition coefficient (Wildman–Crippen LogP) is 1.11. The van der Waals surface area contributed by atoms with E-state index in [1.807, 2.05) is 0 Å². The Kier molecular flexibility index (Phi) is 6.60. The standard InChI is InChI=1S/C21H20F3N9O4/c1-10(34)8-32-18(36)15-16(31(3)20(32)37)28-9-33(15)11(2)17(35)30-14-7-25-6-13(29-14)12-4-26-19(27-5-12)21(22,23)24/h4-7,9,11,20,37H,8H2,1-3H3,(H,29,30,35)/t11-,20?/m0/s1. The van der Waals surface area contributed by atoms with E-state index in [1.165, 1.54) is 49.1 Å². The van der Waals surface area contributed by atoms with Crippen LogP contribution in [0.25, 0.3) is 11.3 Å². The highest BCUT2D eigenvalue weighted by Crippen LogP contribution is 2.30. The first-order chi connectivity index (χ1) is 17.4. The van der Waals surface area contributed by atoms with Crippen molar-refractivity contribution in [1.82, 2.24) is 34.4 Å². The normalized spacial score (nSPS) is 16.4. The molecule has 2 atom stereocenters. The van der Waals surface area contributed by atoms with Gasteiger partial charge in [-0.25, -0.2) is 19.9 Å². The molecule has 16 heteroatoms. The summed E-state index contributed by atoms with van der Waals surface area (Å²) in [5.74, 6) is -2.84. The number of nitrogens with zero attached hydrogens (tertiary/aromatic N) is 8. The van der Waals surface area contributed by atoms with Crippen LogP contribution in [0.2, 0.25) is 0 Å². The van der Waals surface area contributed by atoms with Crippen LogP contribution in [0.4, 0.5) is 24.8 Å². The molecule has 37 heavy (non-hydrogen) atoms. The summed E-state index contributed by atoms with van der Waals surface area (Å²) in [4.78, 5) is 58.7. The van der Waals surface area contributed by atoms with Crippen molar-refractivity contribution in [2.45, 2.75) is 32.4 Å². The van der Waals surface area contributed by atoms with Crippen molar-refractivity contribution in [2.24, 2.45) is 0 Å². The minimum atomic E-state index is -4.69. The zero-order valence-electron chi connectivity index (χ0n) is 19.6. The smallest absolute Gasteiger partial charge is 0.356 e. The van der Waals surface area contributed by atoms with Crippen LogP contribution in [0.1, 0.15) is 36.2 Å². The summed E-state index contributed by atoms with van der Waals surface area (Å²) in [7, 11) is 1.48. The molecule has 1 aliphatic rings. The fourth-order valence-corrected chi connectivity index (χ4v) is 3.59. The van der Waals surface area contributed by atoms with Gasteiger partial charge in [0.1, 0.15) is 11.8 Å². The van der Waals surface area contributed by atoms with Gasteiger partial charge in [-0.2, -0.15) is 13.2 Å². The van der Waals surface area contributed by atoms with Gasteiger partial charge in [-0.1, -0.05) is 0 Å². The first kappa shape index (κ1) is 25.6. The van der Waals surface area contributed by atoms with Crippen LogP contribution in [-0.4, -0.2) is 77.0 Å². The van der Waals surface area contributed by atoms with Gasteiger partial charge in [0.15, 0.2) is 17.3 Å². The molecule has 2 N–H and O–H groups in total. The van der Waals surface area contributed by atoms with Crippen molar-refractivity contribution in [3.05, 3.63) is 42.6 Å². The topological polar surface area (TPSA) is 159 Å². The molecular weight excluding hydrogens is 499 g/mol. The van der Waals surface area contributed by atoms with Crippen LogP contribution in [0.5, 0.6) is 0 Å². The first-order valence-corrected chi connectivity index (χ1v) is 10.7. The molecule has 3 aromatic rings. The number of amides is 2. The predicted molar refractivity (Wildman–Crippen MR) is 120 cm³/mol. The highest BCUT2D eigenvalue weighted by Gasteiger charge is 2.40. The molecule has 0 aliphatic carbocycles. The van der Waals surface area contributed by atoms with Gasteiger partial charge >= 0.3 is 6.18 Å². The summed E-state index contributed by atoms with van der Waals surface area (Å²) in [5.41, 5.74) is 0.259. The fourth-order valence-electron chi connectivity index (χ4n) is 3.59. The number of imidazole rings is 1. The van der Waals surface area contributed by atoms with E-state index in [9.17, 15) is 32.7 Å². The summed E-state index contributed by atoms with van der Waals surface area (Å²) >= 11 is 0. The van der Waals surface area contributed by atoms with E-state index in [2.05, 4.69) is 30.2 Å². The molecule has 1 unspecified atom stereocenters. The van der Waals surface area contributed by atoms with Crippen LogP contribution in [0.15, 0.2) is 31.1 Å². The molecule has 0 fully saturated rings. The molecule has 4 heterocycles. The Balaban J connectivity index is 1.55. The number of alkyl halides is 3. The van der Waals surface area contributed by atoms with E-state index in [4.69, 9.17) is 0 Å². The molecule has 0 radical (unpaired) electrons. The summed E-state index contributed by atoms with van der Waals surface area (Å²) in [6.45, 7) is 2.42. The molecule has 194 valence electrons. The lowest BCUT2D eigenvalue weighted by Gasteiger charge is -2.38. The van der Waals surface area contributed by atoms with Crippen molar-refractivity contribution >= 4 is 29.2 Å². The molecule has 3 aromatic heterocycles. The number of halogens is 3. The molecule has 0 spiro atoms. The Labute approximate surface area is 207 Å². The second-order valence-electron chi connectivity index (χ2n) is 8.16. The van der Waals surface area contributed by atoms with E-state index in [0.717, 1.165) is 17.3 Å². The maximum absolute atomic E-state index is 13.1. The van der Waals surface area contributed by atoms with Crippen molar-refractivity contribution in [3.63, 3.8) is 0 Å². The number of Topliss-reactive ketones (excluding diaryl/α,β-unsaturated/α-hetero) is 1. The number of hydrogen-bond acceptors (Lipinski definition) is 10. The number of hydrogen-bond donors (Lipinski definition) is 2. The van der Waals surface area contributed by atoms with E-state index in [1.54, 1.807) is 0 Å². The van der Waals surface area contributed by atoms with Crippen molar-refractivity contribution in [2.75, 3.05) is 23.8 Å². The van der Waals surface area contributed by atoms with Crippen LogP contribution < -0.4 is 10.2 Å².